The summed E-state index contributed by atoms with van der Waals surface area (Å²) in [6.07, 6.45) is 5.87. The summed E-state index contributed by atoms with van der Waals surface area (Å²) in [5.41, 5.74) is 3.13. The summed E-state index contributed by atoms with van der Waals surface area (Å²) in [5.74, 6) is 0.765. The van der Waals surface area contributed by atoms with Crippen molar-refractivity contribution in [2.24, 2.45) is 0 Å². The topological polar surface area (TPSA) is 95.9 Å². The number of terminal acetylenes is 1. The molecule has 7 heteroatoms. The van der Waals surface area contributed by atoms with Gasteiger partial charge in [0.25, 0.3) is 0 Å². The van der Waals surface area contributed by atoms with Gasteiger partial charge in [0.15, 0.2) is 0 Å². The molecule has 4 rings (SSSR count). The molecule has 2 aromatic rings. The van der Waals surface area contributed by atoms with Crippen molar-refractivity contribution in [1.29, 1.82) is 0 Å². The lowest BCUT2D eigenvalue weighted by Crippen LogP contribution is -2.58. The van der Waals surface area contributed by atoms with Gasteiger partial charge in [-0.1, -0.05) is 55.5 Å². The van der Waals surface area contributed by atoms with E-state index in [0.717, 1.165) is 22.3 Å². The predicted octanol–water partition coefficient (Wildman–Crippen LogP) is 3.77. The number of benzene rings is 2. The summed E-state index contributed by atoms with van der Waals surface area (Å²) >= 11 is 0. The third-order valence-corrected chi connectivity index (χ3v) is 6.99. The lowest BCUT2D eigenvalue weighted by atomic mass is 9.92. The van der Waals surface area contributed by atoms with Gasteiger partial charge < -0.3 is 20.1 Å². The highest BCUT2D eigenvalue weighted by Gasteiger charge is 2.49. The quantitative estimate of drug-likeness (QED) is 0.613. The smallest absolute Gasteiger partial charge is 0.407 e. The lowest BCUT2D eigenvalue weighted by Gasteiger charge is -2.36. The van der Waals surface area contributed by atoms with E-state index < -0.39 is 29.6 Å². The summed E-state index contributed by atoms with van der Waals surface area (Å²) in [6.45, 7) is 2.16. The van der Waals surface area contributed by atoms with Crippen LogP contribution >= 0.6 is 0 Å². The van der Waals surface area contributed by atoms with Crippen molar-refractivity contribution in [2.45, 2.75) is 50.1 Å². The molecular formula is C27H28N2O5. The Morgan fingerprint density at radius 2 is 1.79 bits per heavy atom. The van der Waals surface area contributed by atoms with Crippen LogP contribution in [0.25, 0.3) is 11.1 Å². The predicted molar refractivity (Wildman–Crippen MR) is 127 cm³/mol. The Bertz CT molecular complexity index is 1110. The van der Waals surface area contributed by atoms with Crippen molar-refractivity contribution in [2.75, 3.05) is 13.2 Å². The third-order valence-electron chi connectivity index (χ3n) is 6.99. The summed E-state index contributed by atoms with van der Waals surface area (Å²) in [7, 11) is 0. The van der Waals surface area contributed by atoms with Crippen molar-refractivity contribution in [1.82, 2.24) is 10.2 Å². The summed E-state index contributed by atoms with van der Waals surface area (Å²) in [6, 6.07) is 15.0. The fourth-order valence-corrected chi connectivity index (χ4v) is 5.23. The number of carboxylic acid groups (broad SMARTS) is 1. The van der Waals surface area contributed by atoms with E-state index in [-0.39, 0.29) is 25.4 Å². The first-order valence-corrected chi connectivity index (χ1v) is 11.5. The fraction of sp³-hybridized carbons (Fsp3) is 0.370. The number of likely N-dealkylation sites (tertiary alicyclic amines) is 1. The van der Waals surface area contributed by atoms with Crippen LogP contribution in [0.1, 0.15) is 49.7 Å². The number of hydrogen-bond acceptors (Lipinski definition) is 4. The maximum absolute atomic E-state index is 13.2. The summed E-state index contributed by atoms with van der Waals surface area (Å²) in [4.78, 5) is 39.3. The molecule has 2 aromatic carbocycles. The maximum atomic E-state index is 13.2. The van der Waals surface area contributed by atoms with Crippen LogP contribution in [0.2, 0.25) is 0 Å². The highest BCUT2D eigenvalue weighted by atomic mass is 16.5. The number of nitrogens with zero attached hydrogens (tertiary/aromatic N) is 1. The van der Waals surface area contributed by atoms with Crippen LogP contribution in [0.4, 0.5) is 4.79 Å². The Kier molecular flexibility index (Phi) is 6.60. The number of carboxylic acids is 1. The fourth-order valence-electron chi connectivity index (χ4n) is 5.23. The van der Waals surface area contributed by atoms with Gasteiger partial charge in [0.1, 0.15) is 18.2 Å². The van der Waals surface area contributed by atoms with Crippen LogP contribution in [0.15, 0.2) is 48.5 Å². The van der Waals surface area contributed by atoms with E-state index in [0.29, 0.717) is 19.4 Å². The zero-order chi connectivity index (χ0) is 24.3. The Morgan fingerprint density at radius 3 is 2.35 bits per heavy atom. The highest BCUT2D eigenvalue weighted by molar-refractivity contribution is 5.92. The molecule has 0 radical (unpaired) electrons. The van der Waals surface area contributed by atoms with Crippen molar-refractivity contribution in [3.63, 3.8) is 0 Å². The van der Waals surface area contributed by atoms with Crippen molar-refractivity contribution >= 4 is 18.0 Å². The van der Waals surface area contributed by atoms with Gasteiger partial charge in [-0.15, -0.1) is 12.3 Å². The lowest BCUT2D eigenvalue weighted by molar-refractivity contribution is -0.157. The minimum atomic E-state index is -1.27. The van der Waals surface area contributed by atoms with E-state index in [1.165, 1.54) is 4.90 Å². The van der Waals surface area contributed by atoms with Crippen LogP contribution in [0, 0.1) is 12.3 Å². The number of nitrogens with one attached hydrogen (secondary N) is 1. The minimum absolute atomic E-state index is 0.0566. The third kappa shape index (κ3) is 4.01. The van der Waals surface area contributed by atoms with Gasteiger partial charge in [-0.2, -0.15) is 0 Å². The molecule has 0 aromatic heterocycles. The van der Waals surface area contributed by atoms with Gasteiger partial charge >= 0.3 is 12.1 Å². The van der Waals surface area contributed by atoms with Gasteiger partial charge in [0, 0.05) is 18.9 Å². The molecule has 2 amide bonds. The molecule has 2 aliphatic rings. The van der Waals surface area contributed by atoms with Gasteiger partial charge in [-0.3, -0.25) is 4.79 Å². The van der Waals surface area contributed by atoms with Crippen LogP contribution in [0.3, 0.4) is 0 Å². The van der Waals surface area contributed by atoms with E-state index in [9.17, 15) is 19.5 Å². The van der Waals surface area contributed by atoms with Crippen LogP contribution in [-0.4, -0.2) is 52.7 Å². The molecule has 0 spiro atoms. The summed E-state index contributed by atoms with van der Waals surface area (Å²) < 4.78 is 5.55. The van der Waals surface area contributed by atoms with Crippen molar-refractivity contribution < 1.29 is 24.2 Å². The number of alkyl carbamates (subject to hydrolysis) is 1. The first-order chi connectivity index (χ1) is 16.4. The second-order valence-corrected chi connectivity index (χ2v) is 8.71. The first kappa shape index (κ1) is 23.4. The number of carbonyl (C=O) groups is 3. The van der Waals surface area contributed by atoms with Gasteiger partial charge in [-0.25, -0.2) is 9.59 Å². The molecular weight excluding hydrogens is 432 g/mol. The molecule has 1 aliphatic heterocycles. The second kappa shape index (κ2) is 9.60. The standard InChI is InChI=1S/C27H28N2O5/c1-3-10-23(24(30)29-16-9-15-27(29,4-2)25(31)32)28-26(33)34-17-22-20-13-7-5-11-18(20)19-12-6-8-14-21(19)22/h1,5-8,11-14,22-23H,4,9-10,15-17H2,2H3,(H,28,33)(H,31,32). The van der Waals surface area contributed by atoms with Crippen LogP contribution in [0.5, 0.6) is 0 Å². The molecule has 2 atom stereocenters. The molecule has 1 aliphatic carbocycles. The van der Waals surface area contributed by atoms with E-state index in [1.54, 1.807) is 6.92 Å². The largest absolute Gasteiger partial charge is 0.479 e. The molecule has 0 bridgehead atoms. The van der Waals surface area contributed by atoms with Crippen molar-refractivity contribution in [3.8, 4) is 23.5 Å². The van der Waals surface area contributed by atoms with E-state index in [2.05, 4.69) is 11.2 Å². The number of carbonyl (C=O) groups excluding carboxylic acids is 2. The molecule has 1 fully saturated rings. The summed E-state index contributed by atoms with van der Waals surface area (Å²) in [5, 5.41) is 12.4. The Morgan fingerprint density at radius 1 is 1.18 bits per heavy atom. The van der Waals surface area contributed by atoms with Gasteiger partial charge in [-0.05, 0) is 41.5 Å². The van der Waals surface area contributed by atoms with Gasteiger partial charge in [0.05, 0.1) is 0 Å². The normalized spacial score (nSPS) is 19.6. The number of fused-ring (bicyclic) bond motifs is 3. The number of ether oxygens (including phenoxy) is 1. The number of amides is 2. The van der Waals surface area contributed by atoms with E-state index >= 15 is 0 Å². The average Bonchev–Trinajstić information content (AvgIpc) is 3.42. The van der Waals surface area contributed by atoms with Gasteiger partial charge in [0.2, 0.25) is 5.91 Å². The first-order valence-electron chi connectivity index (χ1n) is 11.5. The zero-order valence-electron chi connectivity index (χ0n) is 19.1. The molecule has 2 unspecified atom stereocenters. The second-order valence-electron chi connectivity index (χ2n) is 8.71. The molecule has 7 nitrogen and oxygen atoms in total. The highest BCUT2D eigenvalue weighted by Crippen LogP contribution is 2.44. The number of aliphatic carboxylic acids is 1. The molecule has 176 valence electrons. The molecule has 1 saturated heterocycles. The van der Waals surface area contributed by atoms with Crippen LogP contribution in [-0.2, 0) is 14.3 Å². The Hall–Kier alpha value is -3.79. The maximum Gasteiger partial charge on any atom is 0.407 e. The number of rotatable bonds is 7. The van der Waals surface area contributed by atoms with E-state index in [1.807, 2.05) is 48.5 Å². The zero-order valence-corrected chi connectivity index (χ0v) is 19.1. The average molecular weight is 461 g/mol. The number of hydrogen-bond donors (Lipinski definition) is 2. The SMILES string of the molecule is C#CCC(NC(=O)OCC1c2ccccc2-c2ccccc21)C(=O)N1CCCC1(CC)C(=O)O. The van der Waals surface area contributed by atoms with Crippen LogP contribution < -0.4 is 5.32 Å². The van der Waals surface area contributed by atoms with E-state index in [4.69, 9.17) is 11.2 Å². The Labute approximate surface area is 199 Å². The molecule has 34 heavy (non-hydrogen) atoms. The monoisotopic (exact) mass is 460 g/mol. The molecule has 2 N–H and O–H groups in total. The van der Waals surface area contributed by atoms with Crippen molar-refractivity contribution in [3.05, 3.63) is 59.7 Å². The molecule has 0 saturated carbocycles. The molecule has 1 heterocycles. The minimum Gasteiger partial charge on any atom is -0.479 e. The Balaban J connectivity index is 1.46.